The number of hydrogen-bond donors (Lipinski definition) is 0. The standard InChI is InChI=1S/C15H20N2/c1-2-12-6-10-8-14-4-3-13-7-9-5-11(1)16(12)15(9,10)17(13)14/h1,9-10,12-14H,2-8H2. The van der Waals surface area contributed by atoms with Crippen LogP contribution in [0.15, 0.2) is 11.8 Å². The molecule has 6 heterocycles. The van der Waals surface area contributed by atoms with E-state index in [1.807, 2.05) is 0 Å². The first-order chi connectivity index (χ1) is 8.39. The van der Waals surface area contributed by atoms with Gasteiger partial charge in [0.25, 0.3) is 0 Å². The molecule has 6 aliphatic heterocycles. The molecule has 1 spiro atoms. The van der Waals surface area contributed by atoms with E-state index in [0.717, 1.165) is 30.0 Å². The summed E-state index contributed by atoms with van der Waals surface area (Å²) in [5.41, 5.74) is 2.30. The second kappa shape index (κ2) is 2.32. The Labute approximate surface area is 103 Å². The highest BCUT2D eigenvalue weighted by atomic mass is 15.5. The normalized spacial score (nSPS) is 61.3. The Morgan fingerprint density at radius 2 is 1.76 bits per heavy atom. The molecule has 17 heavy (non-hydrogen) atoms. The smallest absolute Gasteiger partial charge is 0.100 e. The monoisotopic (exact) mass is 228 g/mol. The average Bonchev–Trinajstić information content (AvgIpc) is 2.97. The molecule has 0 N–H and O–H groups in total. The van der Waals surface area contributed by atoms with Crippen LogP contribution in [-0.2, 0) is 0 Å². The first-order valence-electron chi connectivity index (χ1n) is 7.66. The van der Waals surface area contributed by atoms with Gasteiger partial charge in [0.1, 0.15) is 5.66 Å². The molecule has 0 saturated carbocycles. The summed E-state index contributed by atoms with van der Waals surface area (Å²) in [5.74, 6) is 2.03. The number of hydrogen-bond acceptors (Lipinski definition) is 2. The third-order valence-corrected chi connectivity index (χ3v) is 7.05. The summed E-state index contributed by atoms with van der Waals surface area (Å²) in [6, 6.07) is 2.84. The first-order valence-corrected chi connectivity index (χ1v) is 7.66. The van der Waals surface area contributed by atoms with Crippen LogP contribution in [0.2, 0.25) is 0 Å². The molecule has 0 amide bonds. The highest BCUT2D eigenvalue weighted by Gasteiger charge is 2.74. The zero-order valence-electron chi connectivity index (χ0n) is 10.3. The van der Waals surface area contributed by atoms with Crippen molar-refractivity contribution in [1.29, 1.82) is 0 Å². The molecule has 0 radical (unpaired) electrons. The zero-order chi connectivity index (χ0) is 10.8. The van der Waals surface area contributed by atoms with Crippen LogP contribution in [0.25, 0.3) is 0 Å². The van der Waals surface area contributed by atoms with E-state index >= 15 is 0 Å². The maximum atomic E-state index is 3.04. The summed E-state index contributed by atoms with van der Waals surface area (Å²) >= 11 is 0. The predicted molar refractivity (Wildman–Crippen MR) is 65.2 cm³/mol. The molecule has 5 fully saturated rings. The van der Waals surface area contributed by atoms with Crippen molar-refractivity contribution in [3.05, 3.63) is 11.8 Å². The van der Waals surface area contributed by atoms with Crippen LogP contribution in [0, 0.1) is 11.8 Å². The van der Waals surface area contributed by atoms with Gasteiger partial charge in [-0.25, -0.2) is 0 Å². The Hall–Kier alpha value is -0.500. The maximum Gasteiger partial charge on any atom is 0.100 e. The van der Waals surface area contributed by atoms with Crippen LogP contribution in [0.5, 0.6) is 0 Å². The van der Waals surface area contributed by atoms with Crippen LogP contribution in [-0.4, -0.2) is 33.6 Å². The molecule has 0 bridgehead atoms. The number of nitrogens with zero attached hydrogens (tertiary/aromatic N) is 2. The highest BCUT2D eigenvalue weighted by Crippen LogP contribution is 2.69. The maximum absolute atomic E-state index is 3.04. The van der Waals surface area contributed by atoms with Gasteiger partial charge in [0.15, 0.2) is 0 Å². The molecular weight excluding hydrogens is 208 g/mol. The fourth-order valence-corrected chi connectivity index (χ4v) is 6.99. The van der Waals surface area contributed by atoms with E-state index in [-0.39, 0.29) is 0 Å². The molecule has 90 valence electrons. The molecule has 2 nitrogen and oxygen atoms in total. The first kappa shape index (κ1) is 8.58. The van der Waals surface area contributed by atoms with E-state index in [0.29, 0.717) is 5.66 Å². The summed E-state index contributed by atoms with van der Waals surface area (Å²) in [4.78, 5) is 5.97. The lowest BCUT2D eigenvalue weighted by Gasteiger charge is -2.42. The quantitative estimate of drug-likeness (QED) is 0.628. The van der Waals surface area contributed by atoms with Crippen molar-refractivity contribution in [3.8, 4) is 0 Å². The van der Waals surface area contributed by atoms with Gasteiger partial charge in [0.2, 0.25) is 0 Å². The van der Waals surface area contributed by atoms with Crippen LogP contribution in [0.1, 0.15) is 44.9 Å². The van der Waals surface area contributed by atoms with Crippen LogP contribution in [0.3, 0.4) is 0 Å². The van der Waals surface area contributed by atoms with Gasteiger partial charge in [-0.3, -0.25) is 4.90 Å². The number of allylic oxidation sites excluding steroid dienone is 1. The Kier molecular flexibility index (Phi) is 1.17. The van der Waals surface area contributed by atoms with Gasteiger partial charge in [-0.15, -0.1) is 0 Å². The Balaban J connectivity index is 1.63. The van der Waals surface area contributed by atoms with Gasteiger partial charge in [-0.05, 0) is 50.9 Å². The van der Waals surface area contributed by atoms with Gasteiger partial charge in [0.05, 0.1) is 0 Å². The van der Waals surface area contributed by atoms with Gasteiger partial charge in [-0.2, -0.15) is 0 Å². The summed E-state index contributed by atoms with van der Waals surface area (Å²) in [7, 11) is 0. The lowest BCUT2D eigenvalue weighted by Crippen LogP contribution is -2.54. The van der Waals surface area contributed by atoms with Crippen molar-refractivity contribution in [1.82, 2.24) is 9.80 Å². The molecule has 5 saturated heterocycles. The zero-order valence-corrected chi connectivity index (χ0v) is 10.3. The minimum absolute atomic E-state index is 0.554. The second-order valence-electron chi connectivity index (χ2n) is 7.34. The van der Waals surface area contributed by atoms with E-state index in [4.69, 9.17) is 0 Å². The Bertz CT molecular complexity index is 450. The van der Waals surface area contributed by atoms with Crippen LogP contribution >= 0.6 is 0 Å². The van der Waals surface area contributed by atoms with Gasteiger partial charge >= 0.3 is 0 Å². The molecule has 6 atom stereocenters. The summed E-state index contributed by atoms with van der Waals surface area (Å²) in [5, 5.41) is 0. The van der Waals surface area contributed by atoms with Gasteiger partial charge in [-0.1, -0.05) is 6.08 Å². The van der Waals surface area contributed by atoms with Crippen molar-refractivity contribution in [2.45, 2.75) is 68.7 Å². The largest absolute Gasteiger partial charge is 0.353 e. The average molecular weight is 228 g/mol. The molecular formula is C15H20N2. The Morgan fingerprint density at radius 1 is 1.00 bits per heavy atom. The molecule has 0 aromatic heterocycles. The molecule has 6 aliphatic rings. The molecule has 6 unspecified atom stereocenters. The van der Waals surface area contributed by atoms with Crippen LogP contribution < -0.4 is 0 Å². The molecule has 0 aromatic carbocycles. The van der Waals surface area contributed by atoms with Crippen molar-refractivity contribution in [2.24, 2.45) is 11.8 Å². The fourth-order valence-electron chi connectivity index (χ4n) is 6.99. The van der Waals surface area contributed by atoms with E-state index in [9.17, 15) is 0 Å². The minimum atomic E-state index is 0.554. The number of rotatable bonds is 0. The van der Waals surface area contributed by atoms with Crippen molar-refractivity contribution < 1.29 is 0 Å². The lowest BCUT2D eigenvalue weighted by molar-refractivity contribution is 0.00792. The van der Waals surface area contributed by atoms with E-state index in [2.05, 4.69) is 15.9 Å². The summed E-state index contributed by atoms with van der Waals surface area (Å²) < 4.78 is 0. The van der Waals surface area contributed by atoms with Crippen molar-refractivity contribution >= 4 is 0 Å². The van der Waals surface area contributed by atoms with E-state index in [1.54, 1.807) is 5.70 Å². The van der Waals surface area contributed by atoms with Crippen molar-refractivity contribution in [2.75, 3.05) is 0 Å². The highest BCUT2D eigenvalue weighted by molar-refractivity contribution is 5.35. The minimum Gasteiger partial charge on any atom is -0.353 e. The SMILES string of the molecule is C1=C2CC3CC4CCC5CC6CC(C1)N2C36N45. The molecule has 6 rings (SSSR count). The molecule has 0 aliphatic carbocycles. The van der Waals surface area contributed by atoms with Crippen molar-refractivity contribution in [3.63, 3.8) is 0 Å². The van der Waals surface area contributed by atoms with Gasteiger partial charge in [0, 0.05) is 29.7 Å². The third-order valence-electron chi connectivity index (χ3n) is 7.05. The predicted octanol–water partition coefficient (Wildman–Crippen LogP) is 2.32. The second-order valence-corrected chi connectivity index (χ2v) is 7.34. The van der Waals surface area contributed by atoms with E-state index in [1.165, 1.54) is 44.9 Å². The van der Waals surface area contributed by atoms with Crippen LogP contribution in [0.4, 0.5) is 0 Å². The third kappa shape index (κ3) is 0.658. The lowest BCUT2D eigenvalue weighted by atomic mass is 9.84. The summed E-state index contributed by atoms with van der Waals surface area (Å²) in [6.45, 7) is 0. The summed E-state index contributed by atoms with van der Waals surface area (Å²) in [6.07, 6.45) is 12.9. The molecule has 0 aromatic rings. The Morgan fingerprint density at radius 3 is 2.65 bits per heavy atom. The van der Waals surface area contributed by atoms with Gasteiger partial charge < -0.3 is 4.90 Å². The van der Waals surface area contributed by atoms with E-state index < -0.39 is 0 Å². The molecule has 2 heteroatoms. The topological polar surface area (TPSA) is 6.48 Å². The fraction of sp³-hybridized carbons (Fsp3) is 0.867.